The lowest BCUT2D eigenvalue weighted by molar-refractivity contribution is 0.0951. The summed E-state index contributed by atoms with van der Waals surface area (Å²) < 4.78 is 1.75. The molecule has 0 spiro atoms. The number of fused-ring (bicyclic) bond motifs is 1. The van der Waals surface area contributed by atoms with E-state index in [1.807, 2.05) is 42.7 Å². The molecule has 9 heteroatoms. The first kappa shape index (κ1) is 22.2. The number of aromatic nitrogens is 4. The van der Waals surface area contributed by atoms with Crippen LogP contribution in [0.5, 0.6) is 0 Å². The molecule has 6 rings (SSSR count). The van der Waals surface area contributed by atoms with Crippen molar-refractivity contribution in [3.63, 3.8) is 0 Å². The maximum absolute atomic E-state index is 12.2. The van der Waals surface area contributed by atoms with Gasteiger partial charge in [-0.05, 0) is 68.3 Å². The molecule has 0 unspecified atom stereocenters. The van der Waals surface area contributed by atoms with Gasteiger partial charge in [0.25, 0.3) is 5.91 Å². The Labute approximate surface area is 208 Å². The molecule has 3 aromatic heterocycles. The second kappa shape index (κ2) is 9.40. The molecule has 180 valence electrons. The summed E-state index contributed by atoms with van der Waals surface area (Å²) in [6.07, 6.45) is 6.80. The van der Waals surface area contributed by atoms with E-state index in [9.17, 15) is 4.79 Å². The lowest BCUT2D eigenvalue weighted by Crippen LogP contribution is -2.25. The van der Waals surface area contributed by atoms with Crippen molar-refractivity contribution in [2.45, 2.75) is 31.8 Å². The number of carbonyl (C=O) groups excluding carboxylic acids is 1. The second-order valence-corrected chi connectivity index (χ2v) is 9.46. The normalized spacial score (nSPS) is 17.7. The van der Waals surface area contributed by atoms with Gasteiger partial charge in [-0.25, -0.2) is 4.52 Å². The minimum Gasteiger partial charge on any atom is -0.349 e. The molecule has 2 N–H and O–H groups in total. The van der Waals surface area contributed by atoms with Gasteiger partial charge in [-0.1, -0.05) is 6.07 Å². The van der Waals surface area contributed by atoms with E-state index in [0.29, 0.717) is 17.6 Å². The third kappa shape index (κ3) is 4.76. The van der Waals surface area contributed by atoms with Gasteiger partial charge < -0.3 is 10.6 Å². The summed E-state index contributed by atoms with van der Waals surface area (Å²) in [6.45, 7) is 2.50. The molecule has 9 nitrogen and oxygen atoms in total. The molecule has 4 aromatic rings. The first-order valence-electron chi connectivity index (χ1n) is 12.3. The standard InChI is InChI=1S/C27H26N8O/c28-14-18-11-13-34(16-18)17-23-8-5-20(15-29-23)24-2-1-12-35-25(24)32-27(33-35)31-22-6-3-19(4-7-22)26(36)30-21-9-10-21/h1-8,12,15,18,21H,9-11,13,16-17H2,(H,30,36)(H,31,33)/t18-/m0/s1. The molecular formula is C27H26N8O. The Hall–Kier alpha value is -4.29. The van der Waals surface area contributed by atoms with Crippen LogP contribution in [0.1, 0.15) is 35.3 Å². The fourth-order valence-corrected chi connectivity index (χ4v) is 4.50. The van der Waals surface area contributed by atoms with Crippen molar-refractivity contribution in [2.75, 3.05) is 18.4 Å². The Morgan fingerprint density at radius 1 is 1.11 bits per heavy atom. The van der Waals surface area contributed by atoms with Gasteiger partial charge in [0.15, 0.2) is 5.65 Å². The highest BCUT2D eigenvalue weighted by atomic mass is 16.1. The molecule has 2 fully saturated rings. The van der Waals surface area contributed by atoms with Gasteiger partial charge in [-0.15, -0.1) is 5.10 Å². The molecule has 1 saturated carbocycles. The summed E-state index contributed by atoms with van der Waals surface area (Å²) >= 11 is 0. The van der Waals surface area contributed by atoms with Crippen LogP contribution in [0, 0.1) is 17.2 Å². The first-order chi connectivity index (χ1) is 17.6. The number of carbonyl (C=O) groups is 1. The first-order valence-corrected chi connectivity index (χ1v) is 12.3. The van der Waals surface area contributed by atoms with E-state index in [2.05, 4.69) is 37.8 Å². The van der Waals surface area contributed by atoms with Crippen LogP contribution in [0.2, 0.25) is 0 Å². The third-order valence-electron chi connectivity index (χ3n) is 6.65. The largest absolute Gasteiger partial charge is 0.349 e. The predicted octanol–water partition coefficient (Wildman–Crippen LogP) is 3.77. The summed E-state index contributed by atoms with van der Waals surface area (Å²) in [4.78, 5) is 23.9. The molecule has 2 aliphatic rings. The van der Waals surface area contributed by atoms with Gasteiger partial charge in [-0.3, -0.25) is 14.7 Å². The van der Waals surface area contributed by atoms with E-state index in [1.54, 1.807) is 16.6 Å². The highest BCUT2D eigenvalue weighted by molar-refractivity contribution is 5.95. The van der Waals surface area contributed by atoms with Crippen LogP contribution in [0.15, 0.2) is 60.9 Å². The average molecular weight is 479 g/mol. The van der Waals surface area contributed by atoms with Gasteiger partial charge in [0.05, 0.1) is 17.7 Å². The highest BCUT2D eigenvalue weighted by Crippen LogP contribution is 2.26. The number of nitriles is 1. The Balaban J connectivity index is 1.16. The molecule has 1 amide bonds. The molecule has 1 aromatic carbocycles. The fourth-order valence-electron chi connectivity index (χ4n) is 4.50. The highest BCUT2D eigenvalue weighted by Gasteiger charge is 2.24. The van der Waals surface area contributed by atoms with Crippen molar-refractivity contribution in [3.05, 3.63) is 72.2 Å². The zero-order valence-corrected chi connectivity index (χ0v) is 19.8. The monoisotopic (exact) mass is 478 g/mol. The van der Waals surface area contributed by atoms with Crippen molar-refractivity contribution in [3.8, 4) is 17.2 Å². The number of anilines is 2. The molecule has 4 heterocycles. The van der Waals surface area contributed by atoms with E-state index in [4.69, 9.17) is 10.2 Å². The maximum atomic E-state index is 12.2. The molecule has 1 aliphatic carbocycles. The van der Waals surface area contributed by atoms with Crippen LogP contribution in [0.4, 0.5) is 11.6 Å². The minimum absolute atomic E-state index is 0.0361. The van der Waals surface area contributed by atoms with Gasteiger partial charge in [0.2, 0.25) is 5.95 Å². The number of rotatable bonds is 7. The summed E-state index contributed by atoms with van der Waals surface area (Å²) in [5.74, 6) is 0.566. The van der Waals surface area contributed by atoms with Gasteiger partial charge in [0, 0.05) is 53.9 Å². The molecular weight excluding hydrogens is 452 g/mol. The molecule has 1 saturated heterocycles. The number of nitrogens with one attached hydrogen (secondary N) is 2. The van der Waals surface area contributed by atoms with Crippen molar-refractivity contribution in [2.24, 2.45) is 5.92 Å². The molecule has 1 aliphatic heterocycles. The smallest absolute Gasteiger partial charge is 0.251 e. The van der Waals surface area contributed by atoms with Gasteiger partial charge in [-0.2, -0.15) is 10.2 Å². The zero-order valence-electron chi connectivity index (χ0n) is 19.8. The van der Waals surface area contributed by atoms with Crippen molar-refractivity contribution >= 4 is 23.2 Å². The average Bonchev–Trinajstić information content (AvgIpc) is 3.43. The fraction of sp³-hybridized carbons (Fsp3) is 0.296. The number of amides is 1. The van der Waals surface area contributed by atoms with E-state index in [-0.39, 0.29) is 11.8 Å². The quantitative estimate of drug-likeness (QED) is 0.416. The number of benzene rings is 1. The zero-order chi connectivity index (χ0) is 24.5. The van der Waals surface area contributed by atoms with E-state index in [1.165, 1.54) is 0 Å². The number of hydrogen-bond acceptors (Lipinski definition) is 7. The maximum Gasteiger partial charge on any atom is 0.251 e. The molecule has 36 heavy (non-hydrogen) atoms. The second-order valence-electron chi connectivity index (χ2n) is 9.46. The number of likely N-dealkylation sites (tertiary alicyclic amines) is 1. The number of nitrogens with zero attached hydrogens (tertiary/aromatic N) is 6. The third-order valence-corrected chi connectivity index (χ3v) is 6.65. The van der Waals surface area contributed by atoms with Crippen LogP contribution >= 0.6 is 0 Å². The summed E-state index contributed by atoms with van der Waals surface area (Å²) in [7, 11) is 0. The van der Waals surface area contributed by atoms with Gasteiger partial charge >= 0.3 is 0 Å². The van der Waals surface area contributed by atoms with Crippen molar-refractivity contribution in [1.82, 2.24) is 29.8 Å². The predicted molar refractivity (Wildman–Crippen MR) is 135 cm³/mol. The lowest BCUT2D eigenvalue weighted by Gasteiger charge is -2.14. The topological polar surface area (TPSA) is 111 Å². The molecule has 0 radical (unpaired) electrons. The van der Waals surface area contributed by atoms with Crippen LogP contribution in [-0.2, 0) is 6.54 Å². The summed E-state index contributed by atoms with van der Waals surface area (Å²) in [5.41, 5.74) is 5.07. The Morgan fingerprint density at radius 2 is 1.97 bits per heavy atom. The van der Waals surface area contributed by atoms with Crippen LogP contribution in [0.25, 0.3) is 16.8 Å². The van der Waals surface area contributed by atoms with Crippen LogP contribution in [0.3, 0.4) is 0 Å². The Morgan fingerprint density at radius 3 is 2.69 bits per heavy atom. The Bertz CT molecular complexity index is 1430. The van der Waals surface area contributed by atoms with E-state index < -0.39 is 0 Å². The lowest BCUT2D eigenvalue weighted by atomic mass is 10.1. The van der Waals surface area contributed by atoms with Crippen molar-refractivity contribution < 1.29 is 4.79 Å². The Kier molecular flexibility index (Phi) is 5.79. The van der Waals surface area contributed by atoms with E-state index >= 15 is 0 Å². The molecule has 1 atom stereocenters. The van der Waals surface area contributed by atoms with Gasteiger partial charge in [0.1, 0.15) is 0 Å². The van der Waals surface area contributed by atoms with Crippen LogP contribution < -0.4 is 10.6 Å². The summed E-state index contributed by atoms with van der Waals surface area (Å²) in [6, 6.07) is 18.1. The minimum atomic E-state index is -0.0361. The SMILES string of the molecule is N#C[C@@H]1CCN(Cc2ccc(-c3cccn4nc(Nc5ccc(C(=O)NC6CC6)cc5)nc34)cn2)C1. The number of hydrogen-bond donors (Lipinski definition) is 2. The summed E-state index contributed by atoms with van der Waals surface area (Å²) in [5, 5.41) is 19.9. The number of pyridine rings is 2. The molecule has 0 bridgehead atoms. The van der Waals surface area contributed by atoms with Crippen LogP contribution in [-0.4, -0.2) is 49.5 Å². The van der Waals surface area contributed by atoms with Crippen molar-refractivity contribution in [1.29, 1.82) is 5.26 Å². The van der Waals surface area contributed by atoms with E-state index in [0.717, 1.165) is 67.1 Å².